The lowest BCUT2D eigenvalue weighted by Crippen LogP contribution is -2.31. The maximum atomic E-state index is 11.8. The third-order valence-electron chi connectivity index (χ3n) is 2.76. The number of carbonyl (C=O) groups excluding carboxylic acids is 1. The summed E-state index contributed by atoms with van der Waals surface area (Å²) in [6.45, 7) is 3.40. The molecule has 1 N–H and O–H groups in total. The van der Waals surface area contributed by atoms with Gasteiger partial charge in [0.25, 0.3) is 0 Å². The Bertz CT molecular complexity index is 450. The zero-order valence-corrected chi connectivity index (χ0v) is 11.4. The quantitative estimate of drug-likeness (QED) is 0.673. The summed E-state index contributed by atoms with van der Waals surface area (Å²) in [4.78, 5) is 19.7. The molecule has 1 fully saturated rings. The maximum absolute atomic E-state index is 11.8. The zero-order valence-electron chi connectivity index (χ0n) is 10.7. The fraction of sp³-hybridized carbons (Fsp3) is 0.583. The summed E-state index contributed by atoms with van der Waals surface area (Å²) in [7, 11) is 0. The standard InChI is InChI=1S/C12H16ClN3O3/c1-2-19-11(17)9-6-14-12(13)16-10(9)15-8-4-3-5-18-7-8/h6,8H,2-5,7H2,1H3,(H,14,15,16)/t8-/m1/s1. The van der Waals surface area contributed by atoms with Gasteiger partial charge in [0.1, 0.15) is 11.4 Å². The van der Waals surface area contributed by atoms with E-state index in [1.165, 1.54) is 6.20 Å². The van der Waals surface area contributed by atoms with E-state index in [4.69, 9.17) is 21.1 Å². The smallest absolute Gasteiger partial charge is 0.343 e. The Kier molecular flexibility index (Phi) is 4.93. The summed E-state index contributed by atoms with van der Waals surface area (Å²) in [5.41, 5.74) is 0.289. The molecule has 0 bridgehead atoms. The minimum Gasteiger partial charge on any atom is -0.462 e. The summed E-state index contributed by atoms with van der Waals surface area (Å²) in [6.07, 6.45) is 3.31. The number of aromatic nitrogens is 2. The Labute approximate surface area is 116 Å². The SMILES string of the molecule is CCOC(=O)c1cnc(Cl)nc1N[C@@H]1CCCOC1. The molecule has 0 saturated carbocycles. The minimum absolute atomic E-state index is 0.0901. The number of hydrogen-bond acceptors (Lipinski definition) is 6. The van der Waals surface area contributed by atoms with Crippen LogP contribution in [0.3, 0.4) is 0 Å². The highest BCUT2D eigenvalue weighted by atomic mass is 35.5. The van der Waals surface area contributed by atoms with Gasteiger partial charge in [-0.2, -0.15) is 4.98 Å². The van der Waals surface area contributed by atoms with Gasteiger partial charge in [-0.3, -0.25) is 0 Å². The third-order valence-corrected chi connectivity index (χ3v) is 2.94. The molecular formula is C12H16ClN3O3. The second-order valence-electron chi connectivity index (χ2n) is 4.18. The second-order valence-corrected chi connectivity index (χ2v) is 4.52. The highest BCUT2D eigenvalue weighted by Crippen LogP contribution is 2.19. The predicted octanol–water partition coefficient (Wildman–Crippen LogP) is 1.90. The number of hydrogen-bond donors (Lipinski definition) is 1. The highest BCUT2D eigenvalue weighted by Gasteiger charge is 2.20. The van der Waals surface area contributed by atoms with Crippen molar-refractivity contribution < 1.29 is 14.3 Å². The molecule has 0 amide bonds. The molecule has 0 unspecified atom stereocenters. The molecule has 1 atom stereocenters. The topological polar surface area (TPSA) is 73.3 Å². The Balaban J connectivity index is 2.16. The number of nitrogens with one attached hydrogen (secondary N) is 1. The molecule has 1 saturated heterocycles. The molecule has 7 heteroatoms. The van der Waals surface area contributed by atoms with E-state index in [-0.39, 0.29) is 16.9 Å². The van der Waals surface area contributed by atoms with E-state index in [9.17, 15) is 4.79 Å². The van der Waals surface area contributed by atoms with E-state index in [2.05, 4.69) is 15.3 Å². The van der Waals surface area contributed by atoms with Crippen molar-refractivity contribution in [3.05, 3.63) is 17.0 Å². The lowest BCUT2D eigenvalue weighted by molar-refractivity contribution is 0.0526. The van der Waals surface area contributed by atoms with Crippen molar-refractivity contribution in [2.45, 2.75) is 25.8 Å². The molecule has 0 radical (unpaired) electrons. The van der Waals surface area contributed by atoms with Crippen molar-refractivity contribution in [1.82, 2.24) is 9.97 Å². The van der Waals surface area contributed by atoms with Crippen LogP contribution in [0.4, 0.5) is 5.82 Å². The van der Waals surface area contributed by atoms with E-state index in [0.717, 1.165) is 19.4 Å². The molecule has 104 valence electrons. The van der Waals surface area contributed by atoms with E-state index in [1.54, 1.807) is 6.92 Å². The number of esters is 1. The summed E-state index contributed by atoms with van der Waals surface area (Å²) >= 11 is 5.77. The van der Waals surface area contributed by atoms with Crippen LogP contribution in [-0.2, 0) is 9.47 Å². The molecule has 1 aromatic rings. The number of nitrogens with zero attached hydrogens (tertiary/aromatic N) is 2. The number of anilines is 1. The molecule has 6 nitrogen and oxygen atoms in total. The normalized spacial score (nSPS) is 18.9. The molecule has 2 rings (SSSR count). The van der Waals surface area contributed by atoms with Gasteiger partial charge in [-0.1, -0.05) is 0 Å². The van der Waals surface area contributed by atoms with Crippen LogP contribution >= 0.6 is 11.6 Å². The van der Waals surface area contributed by atoms with E-state index in [0.29, 0.717) is 19.0 Å². The largest absolute Gasteiger partial charge is 0.462 e. The van der Waals surface area contributed by atoms with Crippen molar-refractivity contribution in [1.29, 1.82) is 0 Å². The monoisotopic (exact) mass is 285 g/mol. The molecular weight excluding hydrogens is 270 g/mol. The minimum atomic E-state index is -0.460. The van der Waals surface area contributed by atoms with E-state index in [1.807, 2.05) is 0 Å². The van der Waals surface area contributed by atoms with Crippen LogP contribution in [0.1, 0.15) is 30.1 Å². The van der Waals surface area contributed by atoms with Crippen LogP contribution in [0.25, 0.3) is 0 Å². The lowest BCUT2D eigenvalue weighted by atomic mass is 10.1. The van der Waals surface area contributed by atoms with Crippen molar-refractivity contribution >= 4 is 23.4 Å². The highest BCUT2D eigenvalue weighted by molar-refractivity contribution is 6.28. The summed E-state index contributed by atoms with van der Waals surface area (Å²) in [6, 6.07) is 0.118. The van der Waals surface area contributed by atoms with Crippen LogP contribution < -0.4 is 5.32 Å². The van der Waals surface area contributed by atoms with Crippen molar-refractivity contribution in [2.75, 3.05) is 25.1 Å². The second kappa shape index (κ2) is 6.68. The maximum Gasteiger partial charge on any atom is 0.343 e. The van der Waals surface area contributed by atoms with Gasteiger partial charge in [-0.15, -0.1) is 0 Å². The van der Waals surface area contributed by atoms with E-state index < -0.39 is 5.97 Å². The number of rotatable bonds is 4. The van der Waals surface area contributed by atoms with Crippen LogP contribution in [0.2, 0.25) is 5.28 Å². The Morgan fingerprint density at radius 3 is 3.21 bits per heavy atom. The average Bonchev–Trinajstić information content (AvgIpc) is 2.40. The van der Waals surface area contributed by atoms with Gasteiger partial charge in [-0.25, -0.2) is 9.78 Å². The van der Waals surface area contributed by atoms with Gasteiger partial charge in [0.2, 0.25) is 5.28 Å². The molecule has 1 aliphatic heterocycles. The summed E-state index contributed by atoms with van der Waals surface area (Å²) in [5, 5.41) is 3.26. The van der Waals surface area contributed by atoms with Gasteiger partial charge in [0, 0.05) is 12.8 Å². The van der Waals surface area contributed by atoms with Crippen molar-refractivity contribution in [3.8, 4) is 0 Å². The summed E-state index contributed by atoms with van der Waals surface area (Å²) in [5.74, 6) is -0.0626. The first kappa shape index (κ1) is 14.0. The lowest BCUT2D eigenvalue weighted by Gasteiger charge is -2.24. The fourth-order valence-corrected chi connectivity index (χ4v) is 2.01. The first-order valence-electron chi connectivity index (χ1n) is 6.24. The van der Waals surface area contributed by atoms with Gasteiger partial charge in [-0.05, 0) is 31.4 Å². The number of halogens is 1. The van der Waals surface area contributed by atoms with Crippen molar-refractivity contribution in [2.24, 2.45) is 0 Å². The molecule has 1 aromatic heterocycles. The molecule has 0 aliphatic carbocycles. The van der Waals surface area contributed by atoms with Crippen LogP contribution in [0.15, 0.2) is 6.20 Å². The first-order valence-corrected chi connectivity index (χ1v) is 6.62. The van der Waals surface area contributed by atoms with Gasteiger partial charge in [0.05, 0.1) is 19.3 Å². The Morgan fingerprint density at radius 1 is 1.68 bits per heavy atom. The molecule has 0 aromatic carbocycles. The van der Waals surface area contributed by atoms with Gasteiger partial charge >= 0.3 is 5.97 Å². The Hall–Kier alpha value is -1.40. The van der Waals surface area contributed by atoms with E-state index >= 15 is 0 Å². The van der Waals surface area contributed by atoms with Crippen LogP contribution in [0.5, 0.6) is 0 Å². The fourth-order valence-electron chi connectivity index (χ4n) is 1.88. The molecule has 19 heavy (non-hydrogen) atoms. The van der Waals surface area contributed by atoms with Crippen LogP contribution in [-0.4, -0.2) is 41.8 Å². The van der Waals surface area contributed by atoms with Gasteiger partial charge < -0.3 is 14.8 Å². The van der Waals surface area contributed by atoms with Gasteiger partial charge in [0.15, 0.2) is 0 Å². The molecule has 0 spiro atoms. The molecule has 1 aliphatic rings. The third kappa shape index (κ3) is 3.78. The average molecular weight is 286 g/mol. The van der Waals surface area contributed by atoms with Crippen LogP contribution in [0, 0.1) is 0 Å². The zero-order chi connectivity index (χ0) is 13.7. The Morgan fingerprint density at radius 2 is 2.53 bits per heavy atom. The number of ether oxygens (including phenoxy) is 2. The number of carbonyl (C=O) groups is 1. The molecule has 2 heterocycles. The summed E-state index contributed by atoms with van der Waals surface area (Å²) < 4.78 is 10.3. The van der Waals surface area contributed by atoms with Crippen molar-refractivity contribution in [3.63, 3.8) is 0 Å². The predicted molar refractivity (Wildman–Crippen MR) is 70.5 cm³/mol. The first-order chi connectivity index (χ1) is 9.20.